The number of carbonyl (C=O) groups is 2. The van der Waals surface area contributed by atoms with Crippen LogP contribution < -0.4 is 21.1 Å². The van der Waals surface area contributed by atoms with Crippen molar-refractivity contribution in [3.05, 3.63) is 90.0 Å². The van der Waals surface area contributed by atoms with E-state index in [2.05, 4.69) is 15.6 Å². The lowest BCUT2D eigenvalue weighted by Gasteiger charge is -2.26. The summed E-state index contributed by atoms with van der Waals surface area (Å²) in [6.45, 7) is 1.44. The number of guanidine groups is 1. The van der Waals surface area contributed by atoms with E-state index in [0.29, 0.717) is 30.9 Å². The van der Waals surface area contributed by atoms with Gasteiger partial charge in [-0.15, -0.1) is 24.0 Å². The fourth-order valence-electron chi connectivity index (χ4n) is 3.37. The Hall–Kier alpha value is -3.60. The van der Waals surface area contributed by atoms with E-state index in [-0.39, 0.29) is 48.3 Å². The number of piperazine rings is 1. The first-order valence-electron chi connectivity index (χ1n) is 10.6. The van der Waals surface area contributed by atoms with Crippen LogP contribution in [0.3, 0.4) is 0 Å². The van der Waals surface area contributed by atoms with E-state index in [9.17, 15) is 9.59 Å². The van der Waals surface area contributed by atoms with Crippen molar-refractivity contribution in [2.24, 2.45) is 10.7 Å². The number of hydrogen-bond acceptors (Lipinski definition) is 4. The summed E-state index contributed by atoms with van der Waals surface area (Å²) in [7, 11) is 0. The number of nitrogens with two attached hydrogens (primary N) is 1. The zero-order valence-electron chi connectivity index (χ0n) is 18.4. The van der Waals surface area contributed by atoms with Gasteiger partial charge in [0, 0.05) is 30.4 Å². The van der Waals surface area contributed by atoms with Gasteiger partial charge in [-0.3, -0.25) is 9.59 Å². The van der Waals surface area contributed by atoms with Crippen LogP contribution in [0.1, 0.15) is 15.9 Å². The number of rotatable bonds is 6. The average molecular weight is 571 g/mol. The zero-order valence-corrected chi connectivity index (χ0v) is 20.8. The fraction of sp³-hybridized carbons (Fsp3) is 0.160. The Morgan fingerprint density at radius 1 is 1.03 bits per heavy atom. The summed E-state index contributed by atoms with van der Waals surface area (Å²) >= 11 is 0. The number of ether oxygens (including phenoxy) is 1. The second kappa shape index (κ2) is 12.0. The summed E-state index contributed by atoms with van der Waals surface area (Å²) in [6, 6.07) is 24.1. The van der Waals surface area contributed by atoms with Crippen molar-refractivity contribution in [1.82, 2.24) is 10.2 Å². The largest absolute Gasteiger partial charge is 0.457 e. The van der Waals surface area contributed by atoms with Gasteiger partial charge in [-0.25, -0.2) is 4.99 Å². The molecule has 176 valence electrons. The molecule has 1 aliphatic heterocycles. The molecule has 9 heteroatoms. The van der Waals surface area contributed by atoms with Crippen LogP contribution in [0.2, 0.25) is 0 Å². The van der Waals surface area contributed by atoms with Gasteiger partial charge in [-0.1, -0.05) is 36.4 Å². The van der Waals surface area contributed by atoms with Crippen LogP contribution in [0.4, 0.5) is 5.69 Å². The van der Waals surface area contributed by atoms with Gasteiger partial charge in [0.05, 0.1) is 13.1 Å². The van der Waals surface area contributed by atoms with Gasteiger partial charge in [-0.2, -0.15) is 0 Å². The minimum absolute atomic E-state index is 0. The Labute approximate surface area is 215 Å². The molecule has 0 radical (unpaired) electrons. The molecule has 3 aromatic carbocycles. The highest BCUT2D eigenvalue weighted by Gasteiger charge is 2.22. The Bertz CT molecular complexity index is 1150. The molecule has 1 saturated heterocycles. The normalized spacial score (nSPS) is 13.5. The van der Waals surface area contributed by atoms with Crippen molar-refractivity contribution in [2.75, 3.05) is 25.0 Å². The number of anilines is 1. The molecule has 0 bridgehead atoms. The molecule has 4 rings (SSSR count). The summed E-state index contributed by atoms with van der Waals surface area (Å²) in [5, 5.41) is 5.78. The fourth-order valence-corrected chi connectivity index (χ4v) is 3.37. The first kappa shape index (κ1) is 25.0. The molecule has 1 aliphatic rings. The third-order valence-electron chi connectivity index (χ3n) is 5.04. The number of amides is 2. The molecule has 0 spiro atoms. The summed E-state index contributed by atoms with van der Waals surface area (Å²) in [5.41, 5.74) is 8.26. The van der Waals surface area contributed by atoms with Crippen molar-refractivity contribution in [1.29, 1.82) is 0 Å². The van der Waals surface area contributed by atoms with Gasteiger partial charge in [0.25, 0.3) is 5.91 Å². The minimum Gasteiger partial charge on any atom is -0.457 e. The van der Waals surface area contributed by atoms with Crippen molar-refractivity contribution in [3.63, 3.8) is 0 Å². The van der Waals surface area contributed by atoms with E-state index >= 15 is 0 Å². The van der Waals surface area contributed by atoms with Crippen molar-refractivity contribution in [2.45, 2.75) is 6.54 Å². The molecule has 0 atom stereocenters. The van der Waals surface area contributed by atoms with Crippen LogP contribution in [-0.2, 0) is 11.3 Å². The van der Waals surface area contributed by atoms with Crippen LogP contribution in [0.15, 0.2) is 83.9 Å². The highest BCUT2D eigenvalue weighted by molar-refractivity contribution is 14.0. The molecule has 1 heterocycles. The predicted octanol–water partition coefficient (Wildman–Crippen LogP) is 3.60. The van der Waals surface area contributed by atoms with Gasteiger partial charge >= 0.3 is 0 Å². The minimum atomic E-state index is -0.154. The number of hydrogen-bond donors (Lipinski definition) is 3. The molecule has 0 unspecified atom stereocenters. The summed E-state index contributed by atoms with van der Waals surface area (Å²) < 4.78 is 5.84. The van der Waals surface area contributed by atoms with E-state index in [1.807, 2.05) is 66.7 Å². The number of carbonyl (C=O) groups excluding carboxylic acids is 2. The molecular formula is C25H26IN5O3. The number of aliphatic imine (C=N–C) groups is 1. The van der Waals surface area contributed by atoms with E-state index < -0.39 is 0 Å². The smallest absolute Gasteiger partial charge is 0.254 e. The molecule has 8 nitrogen and oxygen atoms in total. The van der Waals surface area contributed by atoms with Gasteiger partial charge in [0.15, 0.2) is 5.96 Å². The second-order valence-electron chi connectivity index (χ2n) is 7.54. The molecule has 2 amide bonds. The van der Waals surface area contributed by atoms with E-state index in [4.69, 9.17) is 10.5 Å². The second-order valence-corrected chi connectivity index (χ2v) is 7.54. The Balaban J connectivity index is 0.00000324. The lowest BCUT2D eigenvalue weighted by atomic mass is 10.1. The van der Waals surface area contributed by atoms with Crippen LogP contribution in [0.5, 0.6) is 11.5 Å². The van der Waals surface area contributed by atoms with E-state index in [1.54, 1.807) is 17.0 Å². The number of benzene rings is 3. The van der Waals surface area contributed by atoms with Crippen LogP contribution >= 0.6 is 24.0 Å². The van der Waals surface area contributed by atoms with Crippen molar-refractivity contribution in [3.8, 4) is 11.5 Å². The molecule has 34 heavy (non-hydrogen) atoms. The van der Waals surface area contributed by atoms with E-state index in [0.717, 1.165) is 17.0 Å². The molecule has 0 aromatic heterocycles. The van der Waals surface area contributed by atoms with E-state index in [1.165, 1.54) is 0 Å². The lowest BCUT2D eigenvalue weighted by Crippen LogP contribution is -2.49. The maximum absolute atomic E-state index is 12.5. The number of nitrogens with zero attached hydrogens (tertiary/aromatic N) is 2. The van der Waals surface area contributed by atoms with Gasteiger partial charge in [0.2, 0.25) is 5.91 Å². The number of halogens is 1. The predicted molar refractivity (Wildman–Crippen MR) is 143 cm³/mol. The Morgan fingerprint density at radius 3 is 2.50 bits per heavy atom. The highest BCUT2D eigenvalue weighted by atomic mass is 127. The zero-order chi connectivity index (χ0) is 23.0. The third-order valence-corrected chi connectivity index (χ3v) is 5.04. The first-order chi connectivity index (χ1) is 16.1. The number of nitrogens with one attached hydrogen (secondary N) is 2. The average Bonchev–Trinajstić information content (AvgIpc) is 2.83. The molecular weight excluding hydrogens is 545 g/mol. The lowest BCUT2D eigenvalue weighted by molar-refractivity contribution is -0.123. The monoisotopic (exact) mass is 571 g/mol. The molecule has 0 aliphatic carbocycles. The highest BCUT2D eigenvalue weighted by Crippen LogP contribution is 2.23. The third kappa shape index (κ3) is 6.95. The van der Waals surface area contributed by atoms with Crippen LogP contribution in [-0.4, -0.2) is 42.3 Å². The molecule has 1 fully saturated rings. The molecule has 4 N–H and O–H groups in total. The Morgan fingerprint density at radius 2 is 1.76 bits per heavy atom. The summed E-state index contributed by atoms with van der Waals surface area (Å²) in [6.07, 6.45) is 0. The first-order valence-corrected chi connectivity index (χ1v) is 10.6. The SMILES string of the molecule is I.NC(=NCc1ccc(C(=O)N2CCNC(=O)C2)cc1)Nc1cccc(Oc2ccccc2)c1. The summed E-state index contributed by atoms with van der Waals surface area (Å²) in [5.74, 6) is 1.41. The van der Waals surface area contributed by atoms with Crippen molar-refractivity contribution < 1.29 is 14.3 Å². The maximum atomic E-state index is 12.5. The standard InChI is InChI=1S/C25H25N5O3.HI/c26-25(29-20-5-4-8-22(15-20)33-21-6-2-1-3-7-21)28-16-18-9-11-19(12-10-18)24(32)30-14-13-27-23(31)17-30;/h1-12,15H,13-14,16-17H2,(H,27,31)(H3,26,28,29);1H. The molecule has 3 aromatic rings. The van der Waals surface area contributed by atoms with Gasteiger partial charge in [0.1, 0.15) is 11.5 Å². The van der Waals surface area contributed by atoms with Gasteiger partial charge in [-0.05, 0) is 42.0 Å². The van der Waals surface area contributed by atoms with Crippen LogP contribution in [0.25, 0.3) is 0 Å². The van der Waals surface area contributed by atoms with Gasteiger partial charge < -0.3 is 26.0 Å². The topological polar surface area (TPSA) is 109 Å². The quantitative estimate of drug-likeness (QED) is 0.238. The number of para-hydroxylation sites is 1. The maximum Gasteiger partial charge on any atom is 0.254 e. The van der Waals surface area contributed by atoms with Crippen molar-refractivity contribution >= 4 is 47.4 Å². The molecule has 0 saturated carbocycles. The Kier molecular flexibility index (Phi) is 8.86. The van der Waals surface area contributed by atoms with Crippen LogP contribution in [0, 0.1) is 0 Å². The summed E-state index contributed by atoms with van der Waals surface area (Å²) in [4.78, 5) is 30.0.